The van der Waals surface area contributed by atoms with Gasteiger partial charge >= 0.3 is 17.1 Å². The molecule has 0 saturated heterocycles. The summed E-state index contributed by atoms with van der Waals surface area (Å²) in [4.78, 5) is 0. The first-order chi connectivity index (χ1) is 0. The molecule has 4 heavy (non-hydrogen) atoms. The zero-order valence-electron chi connectivity index (χ0n) is 1.82. The summed E-state index contributed by atoms with van der Waals surface area (Å²) in [7, 11) is 0. The van der Waals surface area contributed by atoms with Crippen LogP contribution in [0.4, 0.5) is 0 Å². The SMILES string of the molecule is N.[Cl-].[Cl-].[Fe+2]. The molecule has 0 fully saturated rings. The zero-order valence-corrected chi connectivity index (χ0v) is 4.43. The first kappa shape index (κ1) is 74.3. The molecule has 0 saturated carbocycles. The smallest absolute Gasteiger partial charge is 1.00 e. The topological polar surface area (TPSA) is 35.0 Å². The Kier molecular flexibility index (Phi) is 629. The molecule has 0 spiro atoms. The van der Waals surface area contributed by atoms with Gasteiger partial charge in [-0.2, -0.15) is 0 Å². The van der Waals surface area contributed by atoms with E-state index in [2.05, 4.69) is 0 Å². The van der Waals surface area contributed by atoms with Crippen LogP contribution in [0.2, 0.25) is 0 Å². The van der Waals surface area contributed by atoms with Gasteiger partial charge in [0, 0.05) is 0 Å². The first-order valence-electron chi connectivity index (χ1n) is 0. The van der Waals surface area contributed by atoms with Gasteiger partial charge in [0.2, 0.25) is 0 Å². The molecule has 30 valence electrons. The average Bonchev–Trinajstić information content (AvgIpc) is 0. The second-order valence-corrected chi connectivity index (χ2v) is 0. The Morgan fingerprint density at radius 3 is 0.750 bits per heavy atom. The van der Waals surface area contributed by atoms with E-state index in [1.165, 1.54) is 0 Å². The maximum Gasteiger partial charge on any atom is 2.00 e. The van der Waals surface area contributed by atoms with E-state index in [0.29, 0.717) is 0 Å². The van der Waals surface area contributed by atoms with E-state index in [-0.39, 0.29) is 48.0 Å². The summed E-state index contributed by atoms with van der Waals surface area (Å²) in [5.74, 6) is 0. The van der Waals surface area contributed by atoms with E-state index in [1.54, 1.807) is 0 Å². The largest absolute Gasteiger partial charge is 2.00 e. The quantitative estimate of drug-likeness (QED) is 0.337. The van der Waals surface area contributed by atoms with Crippen LogP contribution >= 0.6 is 0 Å². The van der Waals surface area contributed by atoms with E-state index in [1.807, 2.05) is 0 Å². The van der Waals surface area contributed by atoms with Gasteiger partial charge in [0.25, 0.3) is 0 Å². The van der Waals surface area contributed by atoms with Crippen LogP contribution in [0.1, 0.15) is 0 Å². The van der Waals surface area contributed by atoms with Gasteiger partial charge in [-0.3, -0.25) is 0 Å². The summed E-state index contributed by atoms with van der Waals surface area (Å²) in [6, 6.07) is 0. The molecular weight excluding hydrogens is 141 g/mol. The van der Waals surface area contributed by atoms with Crippen molar-refractivity contribution in [2.75, 3.05) is 0 Å². The van der Waals surface area contributed by atoms with Crippen molar-refractivity contribution in [2.45, 2.75) is 0 Å². The van der Waals surface area contributed by atoms with E-state index in [9.17, 15) is 0 Å². The molecule has 3 N–H and O–H groups in total. The van der Waals surface area contributed by atoms with E-state index in [0.717, 1.165) is 0 Å². The summed E-state index contributed by atoms with van der Waals surface area (Å²) in [5, 5.41) is 0. The Hall–Kier alpha value is 1.06. The van der Waals surface area contributed by atoms with Crippen LogP contribution in [0.5, 0.6) is 0 Å². The molecule has 0 heterocycles. The maximum atomic E-state index is 0. The number of hydrogen-bond donors (Lipinski definition) is 1. The minimum absolute atomic E-state index is 0. The van der Waals surface area contributed by atoms with Gasteiger partial charge in [-0.1, -0.05) is 0 Å². The van der Waals surface area contributed by atoms with Gasteiger partial charge in [0.15, 0.2) is 0 Å². The van der Waals surface area contributed by atoms with E-state index < -0.39 is 0 Å². The van der Waals surface area contributed by atoms with E-state index >= 15 is 0 Å². The Bertz CT molecular complexity index is 6.00. The maximum absolute atomic E-state index is 0. The predicted octanol–water partition coefficient (Wildman–Crippen LogP) is -5.83. The second kappa shape index (κ2) is 33.9. The van der Waals surface area contributed by atoms with Crippen molar-refractivity contribution < 1.29 is 41.9 Å². The van der Waals surface area contributed by atoms with Crippen LogP contribution in [-0.2, 0) is 17.1 Å². The van der Waals surface area contributed by atoms with Gasteiger partial charge in [-0.25, -0.2) is 0 Å². The Balaban J connectivity index is 0. The van der Waals surface area contributed by atoms with Crippen molar-refractivity contribution in [1.29, 1.82) is 0 Å². The summed E-state index contributed by atoms with van der Waals surface area (Å²) in [6.07, 6.45) is 0. The molecule has 0 amide bonds. The standard InChI is InChI=1S/2ClH.Fe.H3N/h2*1H;;1H3/q;;+2;/p-2. The summed E-state index contributed by atoms with van der Waals surface area (Å²) in [5.41, 5.74) is 0. The fraction of sp³-hybridized carbons (Fsp3) is 0. The zero-order chi connectivity index (χ0) is 0. The van der Waals surface area contributed by atoms with E-state index in [4.69, 9.17) is 0 Å². The Morgan fingerprint density at radius 1 is 0.750 bits per heavy atom. The van der Waals surface area contributed by atoms with Crippen molar-refractivity contribution in [3.8, 4) is 0 Å². The fourth-order valence-electron chi connectivity index (χ4n) is 0. The van der Waals surface area contributed by atoms with Crippen molar-refractivity contribution in [3.63, 3.8) is 0 Å². The predicted molar refractivity (Wildman–Crippen MR) is 5.02 cm³/mol. The summed E-state index contributed by atoms with van der Waals surface area (Å²) in [6.45, 7) is 0. The normalized spacial score (nSPS) is 0. The van der Waals surface area contributed by atoms with Crippen molar-refractivity contribution >= 4 is 0 Å². The van der Waals surface area contributed by atoms with Gasteiger partial charge in [0.05, 0.1) is 0 Å². The first-order valence-corrected chi connectivity index (χ1v) is 0. The second-order valence-electron chi connectivity index (χ2n) is 0. The minimum Gasteiger partial charge on any atom is -1.00 e. The molecule has 0 aromatic carbocycles. The van der Waals surface area contributed by atoms with Crippen LogP contribution < -0.4 is 31.0 Å². The van der Waals surface area contributed by atoms with Gasteiger partial charge in [-0.15, -0.1) is 0 Å². The average molecular weight is 144 g/mol. The molecule has 0 unspecified atom stereocenters. The van der Waals surface area contributed by atoms with Crippen molar-refractivity contribution in [1.82, 2.24) is 6.15 Å². The minimum atomic E-state index is 0. The molecule has 0 aromatic heterocycles. The van der Waals surface area contributed by atoms with Crippen LogP contribution in [0.3, 0.4) is 0 Å². The Morgan fingerprint density at radius 2 is 0.750 bits per heavy atom. The van der Waals surface area contributed by atoms with Crippen molar-refractivity contribution in [2.24, 2.45) is 0 Å². The molecule has 0 rings (SSSR count). The molecule has 0 aromatic rings. The number of hydrogen-bond acceptors (Lipinski definition) is 1. The third kappa shape index (κ3) is 11.6. The van der Waals surface area contributed by atoms with Crippen LogP contribution in [0.15, 0.2) is 0 Å². The molecule has 1 nitrogen and oxygen atoms in total. The third-order valence-corrected chi connectivity index (χ3v) is 0. The van der Waals surface area contributed by atoms with Gasteiger partial charge in [0.1, 0.15) is 0 Å². The molecule has 0 aliphatic heterocycles. The molecule has 0 radical (unpaired) electrons. The Labute approximate surface area is 48.4 Å². The molecular formula is H3Cl2FeN. The fourth-order valence-corrected chi connectivity index (χ4v) is 0. The monoisotopic (exact) mass is 143 g/mol. The molecule has 0 aliphatic carbocycles. The molecule has 0 aliphatic rings. The van der Waals surface area contributed by atoms with Gasteiger partial charge < -0.3 is 31.0 Å². The molecule has 4 heteroatoms. The number of halogens is 2. The molecule has 0 bridgehead atoms. The number of rotatable bonds is 0. The van der Waals surface area contributed by atoms with Crippen LogP contribution in [0.25, 0.3) is 0 Å². The van der Waals surface area contributed by atoms with Crippen LogP contribution in [-0.4, -0.2) is 0 Å². The summed E-state index contributed by atoms with van der Waals surface area (Å²) >= 11 is 0. The van der Waals surface area contributed by atoms with Crippen LogP contribution in [0, 0.1) is 0 Å². The van der Waals surface area contributed by atoms with Crippen molar-refractivity contribution in [3.05, 3.63) is 0 Å². The molecule has 0 atom stereocenters. The third-order valence-electron chi connectivity index (χ3n) is 0. The van der Waals surface area contributed by atoms with Gasteiger partial charge in [-0.05, 0) is 0 Å². The summed E-state index contributed by atoms with van der Waals surface area (Å²) < 4.78 is 0.